The molecule has 0 bridgehead atoms. The molecule has 2 aliphatic rings. The van der Waals surface area contributed by atoms with Crippen LogP contribution in [0, 0.1) is 0 Å². The first kappa shape index (κ1) is 19.8. The SMILES string of the molecule is O=S1(=O)CC[C@@H](N(CCCN2CCOCC2)S(=O)(=O)c2ccccc2)C1. The summed E-state index contributed by atoms with van der Waals surface area (Å²) in [5.74, 6) is -0.0292. The smallest absolute Gasteiger partial charge is 0.243 e. The first-order chi connectivity index (χ1) is 12.4. The summed E-state index contributed by atoms with van der Waals surface area (Å²) in [4.78, 5) is 2.47. The van der Waals surface area contributed by atoms with Crippen molar-refractivity contribution in [1.82, 2.24) is 9.21 Å². The minimum atomic E-state index is -3.71. The van der Waals surface area contributed by atoms with Crippen molar-refractivity contribution in [1.29, 1.82) is 0 Å². The number of hydrogen-bond acceptors (Lipinski definition) is 6. The van der Waals surface area contributed by atoms with Gasteiger partial charge >= 0.3 is 0 Å². The number of morpholine rings is 1. The Balaban J connectivity index is 1.73. The molecule has 0 N–H and O–H groups in total. The Bertz CT molecular complexity index is 790. The summed E-state index contributed by atoms with van der Waals surface area (Å²) in [6, 6.07) is 7.78. The lowest BCUT2D eigenvalue weighted by Gasteiger charge is -2.30. The number of nitrogens with zero attached hydrogens (tertiary/aromatic N) is 2. The van der Waals surface area contributed by atoms with Crippen molar-refractivity contribution in [3.05, 3.63) is 30.3 Å². The number of sulfonamides is 1. The molecule has 3 rings (SSSR count). The third-order valence-corrected chi connectivity index (χ3v) is 8.64. The third kappa shape index (κ3) is 4.83. The molecule has 0 amide bonds. The van der Waals surface area contributed by atoms with Crippen LogP contribution in [-0.4, -0.2) is 83.0 Å². The van der Waals surface area contributed by atoms with Crippen LogP contribution in [0.5, 0.6) is 0 Å². The summed E-state index contributed by atoms with van der Waals surface area (Å²) in [6.07, 6.45) is 1.04. The highest BCUT2D eigenvalue weighted by atomic mass is 32.2. The predicted octanol–water partition coefficient (Wildman–Crippen LogP) is 0.587. The van der Waals surface area contributed by atoms with Gasteiger partial charge in [-0.1, -0.05) is 18.2 Å². The maximum absolute atomic E-state index is 13.1. The van der Waals surface area contributed by atoms with E-state index in [0.29, 0.717) is 32.6 Å². The molecule has 2 heterocycles. The van der Waals surface area contributed by atoms with Crippen molar-refractivity contribution < 1.29 is 21.6 Å². The van der Waals surface area contributed by atoms with E-state index in [0.717, 1.165) is 19.6 Å². The van der Waals surface area contributed by atoms with Crippen molar-refractivity contribution >= 4 is 19.9 Å². The highest BCUT2D eigenvalue weighted by Gasteiger charge is 2.38. The van der Waals surface area contributed by atoms with Crippen LogP contribution in [0.15, 0.2) is 35.2 Å². The van der Waals surface area contributed by atoms with Crippen molar-refractivity contribution in [3.63, 3.8) is 0 Å². The Hall–Kier alpha value is -1.00. The second-order valence-electron chi connectivity index (χ2n) is 6.79. The summed E-state index contributed by atoms with van der Waals surface area (Å²) in [7, 11) is -6.87. The number of benzene rings is 1. The standard InChI is InChI=1S/C17H26N2O5S2/c20-25(21)14-7-16(15-25)19(9-4-8-18-10-12-24-13-11-18)26(22,23)17-5-2-1-3-6-17/h1-3,5-6,16H,4,7-15H2/t16-/m1/s1. The molecule has 7 nitrogen and oxygen atoms in total. The lowest BCUT2D eigenvalue weighted by Crippen LogP contribution is -2.43. The zero-order valence-corrected chi connectivity index (χ0v) is 16.4. The topological polar surface area (TPSA) is 84.0 Å². The molecule has 146 valence electrons. The van der Waals surface area contributed by atoms with E-state index in [-0.39, 0.29) is 16.4 Å². The van der Waals surface area contributed by atoms with Gasteiger partial charge in [0.05, 0.1) is 29.6 Å². The van der Waals surface area contributed by atoms with Crippen molar-refractivity contribution in [2.24, 2.45) is 0 Å². The second-order valence-corrected chi connectivity index (χ2v) is 10.9. The minimum Gasteiger partial charge on any atom is -0.379 e. The van der Waals surface area contributed by atoms with Crippen LogP contribution in [-0.2, 0) is 24.6 Å². The fraction of sp³-hybridized carbons (Fsp3) is 0.647. The predicted molar refractivity (Wildman–Crippen MR) is 99.3 cm³/mol. The van der Waals surface area contributed by atoms with E-state index in [1.54, 1.807) is 30.3 Å². The molecule has 2 aliphatic heterocycles. The van der Waals surface area contributed by atoms with Gasteiger partial charge in [-0.3, -0.25) is 4.90 Å². The van der Waals surface area contributed by atoms with Gasteiger partial charge < -0.3 is 4.74 Å². The molecule has 0 aromatic heterocycles. The normalized spacial score (nSPS) is 24.1. The van der Waals surface area contributed by atoms with Gasteiger partial charge in [0.25, 0.3) is 0 Å². The number of hydrogen-bond donors (Lipinski definition) is 0. The molecule has 0 saturated carbocycles. The fourth-order valence-electron chi connectivity index (χ4n) is 3.50. The molecule has 9 heteroatoms. The molecule has 0 radical (unpaired) electrons. The largest absolute Gasteiger partial charge is 0.379 e. The Morgan fingerprint density at radius 1 is 1.15 bits per heavy atom. The molecular weight excluding hydrogens is 376 g/mol. The average molecular weight is 403 g/mol. The molecule has 2 fully saturated rings. The summed E-state index contributed by atoms with van der Waals surface area (Å²) in [5, 5.41) is 0. The van der Waals surface area contributed by atoms with E-state index in [9.17, 15) is 16.8 Å². The van der Waals surface area contributed by atoms with Crippen LogP contribution in [0.2, 0.25) is 0 Å². The van der Waals surface area contributed by atoms with Crippen LogP contribution in [0.1, 0.15) is 12.8 Å². The Morgan fingerprint density at radius 2 is 1.85 bits per heavy atom. The van der Waals surface area contributed by atoms with E-state index >= 15 is 0 Å². The number of rotatable bonds is 7. The molecule has 1 aromatic rings. The van der Waals surface area contributed by atoms with Gasteiger partial charge in [-0.25, -0.2) is 16.8 Å². The summed E-state index contributed by atoms with van der Waals surface area (Å²) in [5.41, 5.74) is 0. The van der Waals surface area contributed by atoms with Crippen LogP contribution >= 0.6 is 0 Å². The van der Waals surface area contributed by atoms with E-state index in [1.807, 2.05) is 0 Å². The minimum absolute atomic E-state index is 0.0575. The van der Waals surface area contributed by atoms with Gasteiger partial charge in [-0.2, -0.15) is 4.31 Å². The van der Waals surface area contributed by atoms with Crippen molar-refractivity contribution in [2.45, 2.75) is 23.8 Å². The summed E-state index contributed by atoms with van der Waals surface area (Å²) < 4.78 is 56.7. The zero-order valence-electron chi connectivity index (χ0n) is 14.8. The van der Waals surface area contributed by atoms with Crippen LogP contribution in [0.4, 0.5) is 0 Å². The summed E-state index contributed by atoms with van der Waals surface area (Å²) >= 11 is 0. The van der Waals surface area contributed by atoms with Gasteiger partial charge in [0.15, 0.2) is 9.84 Å². The van der Waals surface area contributed by atoms with Gasteiger partial charge in [-0.05, 0) is 31.5 Å². The molecule has 0 aliphatic carbocycles. The third-order valence-electron chi connectivity index (χ3n) is 4.92. The van der Waals surface area contributed by atoms with Crippen LogP contribution < -0.4 is 0 Å². The Labute approximate surface area is 155 Å². The van der Waals surface area contributed by atoms with Gasteiger partial charge in [0.1, 0.15) is 0 Å². The molecule has 0 unspecified atom stereocenters. The molecule has 2 saturated heterocycles. The molecular formula is C17H26N2O5S2. The molecule has 1 aromatic carbocycles. The maximum atomic E-state index is 13.1. The van der Waals surface area contributed by atoms with Crippen LogP contribution in [0.3, 0.4) is 0 Å². The highest BCUT2D eigenvalue weighted by molar-refractivity contribution is 7.92. The monoisotopic (exact) mass is 402 g/mol. The highest BCUT2D eigenvalue weighted by Crippen LogP contribution is 2.25. The number of sulfone groups is 1. The Kier molecular flexibility index (Phi) is 6.34. The van der Waals surface area contributed by atoms with E-state index in [1.165, 1.54) is 4.31 Å². The zero-order chi connectivity index (χ0) is 18.6. The van der Waals surface area contributed by atoms with Gasteiger partial charge in [0, 0.05) is 25.7 Å². The van der Waals surface area contributed by atoms with Crippen LogP contribution in [0.25, 0.3) is 0 Å². The summed E-state index contributed by atoms with van der Waals surface area (Å²) in [6.45, 7) is 4.21. The van der Waals surface area contributed by atoms with Gasteiger partial charge in [0.2, 0.25) is 10.0 Å². The maximum Gasteiger partial charge on any atom is 0.243 e. The van der Waals surface area contributed by atoms with Crippen molar-refractivity contribution in [3.8, 4) is 0 Å². The molecule has 26 heavy (non-hydrogen) atoms. The lowest BCUT2D eigenvalue weighted by atomic mass is 10.2. The first-order valence-corrected chi connectivity index (χ1v) is 12.2. The quantitative estimate of drug-likeness (QED) is 0.664. The average Bonchev–Trinajstić information content (AvgIpc) is 2.99. The van der Waals surface area contributed by atoms with E-state index in [2.05, 4.69) is 4.90 Å². The second kappa shape index (κ2) is 8.35. The first-order valence-electron chi connectivity index (χ1n) is 8.96. The van der Waals surface area contributed by atoms with E-state index < -0.39 is 25.9 Å². The fourth-order valence-corrected chi connectivity index (χ4v) is 7.04. The van der Waals surface area contributed by atoms with Gasteiger partial charge in [-0.15, -0.1) is 0 Å². The van der Waals surface area contributed by atoms with Crippen molar-refractivity contribution in [2.75, 3.05) is 50.9 Å². The Morgan fingerprint density at radius 3 is 2.46 bits per heavy atom. The lowest BCUT2D eigenvalue weighted by molar-refractivity contribution is 0.0367. The molecule has 0 spiro atoms. The number of ether oxygens (including phenoxy) is 1. The molecule has 1 atom stereocenters. The van der Waals surface area contributed by atoms with E-state index in [4.69, 9.17) is 4.74 Å².